The van der Waals surface area contributed by atoms with Crippen LogP contribution in [0.2, 0.25) is 0 Å². The van der Waals surface area contributed by atoms with Crippen molar-refractivity contribution in [3.63, 3.8) is 0 Å². The Hall–Kier alpha value is -0.880. The van der Waals surface area contributed by atoms with E-state index in [9.17, 15) is 5.11 Å². The third-order valence-electron chi connectivity index (χ3n) is 3.47. The molecule has 1 aromatic carbocycles. The molecular weight excluding hydrogens is 300 g/mol. The van der Waals surface area contributed by atoms with Gasteiger partial charge in [0.2, 0.25) is 0 Å². The summed E-state index contributed by atoms with van der Waals surface area (Å²) in [5.41, 5.74) is 0.794. The van der Waals surface area contributed by atoms with E-state index in [2.05, 4.69) is 29.4 Å². The molecule has 0 saturated carbocycles. The van der Waals surface area contributed by atoms with E-state index in [0.717, 1.165) is 35.0 Å². The normalized spacial score (nSPS) is 14.0. The van der Waals surface area contributed by atoms with Gasteiger partial charge in [0.05, 0.1) is 12.1 Å². The zero-order valence-corrected chi connectivity index (χ0v) is 13.9. The minimum atomic E-state index is -0.360. The molecule has 0 spiro atoms. The number of rotatable bonds is 9. The van der Waals surface area contributed by atoms with E-state index in [4.69, 9.17) is 0 Å². The molecule has 1 heterocycles. The van der Waals surface area contributed by atoms with Crippen molar-refractivity contribution in [2.24, 2.45) is 0 Å². The van der Waals surface area contributed by atoms with Gasteiger partial charge in [-0.25, -0.2) is 4.98 Å². The first kappa shape index (κ1) is 16.5. The van der Waals surface area contributed by atoms with Crippen LogP contribution in [0.4, 0.5) is 0 Å². The molecule has 0 fully saturated rings. The number of nitrogens with zero attached hydrogens (tertiary/aromatic N) is 1. The van der Waals surface area contributed by atoms with Gasteiger partial charge in [-0.3, -0.25) is 0 Å². The molecule has 2 N–H and O–H groups in total. The van der Waals surface area contributed by atoms with Crippen LogP contribution in [-0.2, 0) is 5.54 Å². The molecule has 2 rings (SSSR count). The van der Waals surface area contributed by atoms with Gasteiger partial charge >= 0.3 is 0 Å². The molecule has 1 aromatic heterocycles. The monoisotopic (exact) mass is 322 g/mol. The lowest BCUT2D eigenvalue weighted by atomic mass is 9.88. The molecule has 5 heteroatoms. The number of nitrogens with one attached hydrogen (secondary N) is 1. The fraction of sp³-hybridized carbons (Fsp3) is 0.438. The molecule has 0 radical (unpaired) electrons. The number of hydrogen-bond acceptors (Lipinski definition) is 5. The molecule has 0 saturated heterocycles. The molecular formula is C16H22N2OS2. The van der Waals surface area contributed by atoms with E-state index in [1.807, 2.05) is 29.8 Å². The molecule has 0 aliphatic carbocycles. The summed E-state index contributed by atoms with van der Waals surface area (Å²) in [6.45, 7) is 3.15. The Bertz CT molecular complexity index is 504. The second kappa shape index (κ2) is 8.54. The van der Waals surface area contributed by atoms with Gasteiger partial charge in [-0.05, 0) is 24.9 Å². The number of benzene rings is 1. The Morgan fingerprint density at radius 1 is 1.33 bits per heavy atom. The van der Waals surface area contributed by atoms with Crippen LogP contribution >= 0.6 is 23.1 Å². The quantitative estimate of drug-likeness (QED) is 0.694. The van der Waals surface area contributed by atoms with Crippen molar-refractivity contribution in [2.75, 3.05) is 18.9 Å². The van der Waals surface area contributed by atoms with Gasteiger partial charge in [0.25, 0.3) is 0 Å². The number of thiazole rings is 1. The first-order chi connectivity index (χ1) is 10.3. The molecule has 21 heavy (non-hydrogen) atoms. The van der Waals surface area contributed by atoms with Crippen molar-refractivity contribution < 1.29 is 5.11 Å². The van der Waals surface area contributed by atoms with E-state index in [0.29, 0.717) is 0 Å². The zero-order valence-electron chi connectivity index (χ0n) is 12.3. The van der Waals surface area contributed by atoms with Crippen molar-refractivity contribution in [3.05, 3.63) is 47.5 Å². The summed E-state index contributed by atoms with van der Waals surface area (Å²) >= 11 is 3.42. The SMILES string of the molecule is CCCNC(CO)(CCSc1nccs1)c1ccccc1. The van der Waals surface area contributed by atoms with Crippen molar-refractivity contribution >= 4 is 23.1 Å². The number of aromatic nitrogens is 1. The molecule has 2 aromatic rings. The molecule has 0 aliphatic heterocycles. The lowest BCUT2D eigenvalue weighted by molar-refractivity contribution is 0.157. The highest BCUT2D eigenvalue weighted by Gasteiger charge is 2.30. The van der Waals surface area contributed by atoms with Crippen LogP contribution in [0.15, 0.2) is 46.2 Å². The van der Waals surface area contributed by atoms with Crippen molar-refractivity contribution in [1.29, 1.82) is 0 Å². The fourth-order valence-electron chi connectivity index (χ4n) is 2.28. The van der Waals surface area contributed by atoms with Crippen molar-refractivity contribution in [1.82, 2.24) is 10.3 Å². The first-order valence-electron chi connectivity index (χ1n) is 7.24. The topological polar surface area (TPSA) is 45.1 Å². The molecule has 114 valence electrons. The second-order valence-corrected chi connectivity index (χ2v) is 7.17. The summed E-state index contributed by atoms with van der Waals surface area (Å²) in [5, 5.41) is 15.6. The predicted octanol–water partition coefficient (Wildman–Crippen LogP) is 3.51. The zero-order chi connectivity index (χ0) is 15.0. The number of aliphatic hydroxyl groups is 1. The molecule has 0 aliphatic rings. The summed E-state index contributed by atoms with van der Waals surface area (Å²) in [6, 6.07) is 10.2. The Balaban J connectivity index is 2.07. The van der Waals surface area contributed by atoms with Crippen LogP contribution in [0.25, 0.3) is 0 Å². The summed E-state index contributed by atoms with van der Waals surface area (Å²) in [4.78, 5) is 4.30. The molecule has 0 amide bonds. The molecule has 3 nitrogen and oxygen atoms in total. The molecule has 0 bridgehead atoms. The summed E-state index contributed by atoms with van der Waals surface area (Å²) in [7, 11) is 0. The molecule has 1 atom stereocenters. The summed E-state index contributed by atoms with van der Waals surface area (Å²) in [5.74, 6) is 0.930. The van der Waals surface area contributed by atoms with Gasteiger partial charge in [-0.1, -0.05) is 49.0 Å². The number of thioether (sulfide) groups is 1. The average Bonchev–Trinajstić information content (AvgIpc) is 3.05. The first-order valence-corrected chi connectivity index (χ1v) is 9.11. The van der Waals surface area contributed by atoms with Crippen LogP contribution in [0.1, 0.15) is 25.3 Å². The third kappa shape index (κ3) is 4.54. The van der Waals surface area contributed by atoms with Crippen molar-refractivity contribution in [2.45, 2.75) is 29.6 Å². The Morgan fingerprint density at radius 2 is 2.14 bits per heavy atom. The third-order valence-corrected chi connectivity index (χ3v) is 5.44. The van der Waals surface area contributed by atoms with Crippen LogP contribution < -0.4 is 5.32 Å². The van der Waals surface area contributed by atoms with Gasteiger partial charge in [0.15, 0.2) is 0 Å². The summed E-state index contributed by atoms with van der Waals surface area (Å²) < 4.78 is 1.09. The van der Waals surface area contributed by atoms with Gasteiger partial charge in [0.1, 0.15) is 4.34 Å². The summed E-state index contributed by atoms with van der Waals surface area (Å²) in [6.07, 6.45) is 3.75. The van der Waals surface area contributed by atoms with E-state index in [-0.39, 0.29) is 12.1 Å². The highest BCUT2D eigenvalue weighted by molar-refractivity contribution is 8.00. The largest absolute Gasteiger partial charge is 0.394 e. The van der Waals surface area contributed by atoms with Gasteiger partial charge < -0.3 is 10.4 Å². The maximum Gasteiger partial charge on any atom is 0.149 e. The Morgan fingerprint density at radius 3 is 2.76 bits per heavy atom. The molecule has 1 unspecified atom stereocenters. The smallest absolute Gasteiger partial charge is 0.149 e. The van der Waals surface area contributed by atoms with Crippen LogP contribution in [0, 0.1) is 0 Å². The van der Waals surface area contributed by atoms with E-state index >= 15 is 0 Å². The average molecular weight is 322 g/mol. The van der Waals surface area contributed by atoms with Crippen LogP contribution in [0.5, 0.6) is 0 Å². The maximum absolute atomic E-state index is 10.0. The Labute approximate surface area is 134 Å². The highest BCUT2D eigenvalue weighted by Crippen LogP contribution is 2.29. The highest BCUT2D eigenvalue weighted by atomic mass is 32.2. The lowest BCUT2D eigenvalue weighted by Crippen LogP contribution is -2.46. The van der Waals surface area contributed by atoms with Crippen LogP contribution in [-0.4, -0.2) is 29.0 Å². The minimum Gasteiger partial charge on any atom is -0.394 e. The minimum absolute atomic E-state index is 0.107. The number of aliphatic hydroxyl groups excluding tert-OH is 1. The second-order valence-electron chi connectivity index (χ2n) is 4.93. The van der Waals surface area contributed by atoms with Crippen molar-refractivity contribution in [3.8, 4) is 0 Å². The maximum atomic E-state index is 10.0. The van der Waals surface area contributed by atoms with Gasteiger partial charge in [-0.15, -0.1) is 11.3 Å². The van der Waals surface area contributed by atoms with Crippen LogP contribution in [0.3, 0.4) is 0 Å². The Kier molecular flexibility index (Phi) is 6.70. The lowest BCUT2D eigenvalue weighted by Gasteiger charge is -2.34. The number of hydrogen-bond donors (Lipinski definition) is 2. The van der Waals surface area contributed by atoms with Gasteiger partial charge in [0, 0.05) is 17.3 Å². The predicted molar refractivity (Wildman–Crippen MR) is 91.0 cm³/mol. The fourth-order valence-corrected chi connectivity index (χ4v) is 4.09. The standard InChI is InChI=1S/C16H22N2OS2/c1-2-9-18-16(13-19,14-6-4-3-5-7-14)8-11-20-15-17-10-12-21-15/h3-7,10,12,18-19H,2,8-9,11,13H2,1H3. The van der Waals surface area contributed by atoms with E-state index in [1.54, 1.807) is 23.1 Å². The van der Waals surface area contributed by atoms with Gasteiger partial charge in [-0.2, -0.15) is 0 Å². The van der Waals surface area contributed by atoms with E-state index in [1.165, 1.54) is 0 Å². The van der Waals surface area contributed by atoms with E-state index < -0.39 is 0 Å².